The van der Waals surface area contributed by atoms with Crippen LogP contribution in [-0.4, -0.2) is 21.0 Å². The molecule has 0 atom stereocenters. The standard InChI is InChI=1S/C16H25NO4S/c1-2-3-4-5-6-7-10-22(18,19)17-12-14-8-9-15-16(11-14)21-13-20-15/h8-9,11,17H,2-7,10,12-13H2,1H3. The fraction of sp³-hybridized carbons (Fsp3) is 0.625. The van der Waals surface area contributed by atoms with Crippen molar-refractivity contribution in [1.82, 2.24) is 4.72 Å². The van der Waals surface area contributed by atoms with Crippen molar-refractivity contribution >= 4 is 10.0 Å². The topological polar surface area (TPSA) is 64.6 Å². The third-order valence-corrected chi connectivity index (χ3v) is 5.11. The van der Waals surface area contributed by atoms with Crippen molar-refractivity contribution in [1.29, 1.82) is 0 Å². The number of hydrogen-bond acceptors (Lipinski definition) is 4. The van der Waals surface area contributed by atoms with E-state index in [0.29, 0.717) is 11.5 Å². The van der Waals surface area contributed by atoms with Gasteiger partial charge in [-0.2, -0.15) is 0 Å². The molecule has 1 N–H and O–H groups in total. The molecule has 6 heteroatoms. The number of unbranched alkanes of at least 4 members (excludes halogenated alkanes) is 5. The smallest absolute Gasteiger partial charge is 0.231 e. The van der Waals surface area contributed by atoms with E-state index in [4.69, 9.17) is 9.47 Å². The molecule has 0 saturated heterocycles. The zero-order valence-corrected chi connectivity index (χ0v) is 14.0. The van der Waals surface area contributed by atoms with Gasteiger partial charge in [-0.25, -0.2) is 13.1 Å². The number of ether oxygens (including phenoxy) is 2. The Morgan fingerprint density at radius 3 is 2.59 bits per heavy atom. The monoisotopic (exact) mass is 327 g/mol. The Labute approximate surface area is 133 Å². The fourth-order valence-electron chi connectivity index (χ4n) is 2.39. The maximum absolute atomic E-state index is 12.0. The maximum atomic E-state index is 12.0. The summed E-state index contributed by atoms with van der Waals surface area (Å²) < 4.78 is 37.1. The predicted octanol–water partition coefficient (Wildman–Crippen LogP) is 3.20. The van der Waals surface area contributed by atoms with Crippen molar-refractivity contribution < 1.29 is 17.9 Å². The van der Waals surface area contributed by atoms with Gasteiger partial charge in [0, 0.05) is 6.54 Å². The molecular formula is C16H25NO4S. The zero-order valence-electron chi connectivity index (χ0n) is 13.1. The van der Waals surface area contributed by atoms with Crippen LogP contribution in [0.2, 0.25) is 0 Å². The minimum Gasteiger partial charge on any atom is -0.454 e. The highest BCUT2D eigenvalue weighted by Crippen LogP contribution is 2.32. The summed E-state index contributed by atoms with van der Waals surface area (Å²) in [6, 6.07) is 5.47. The van der Waals surface area contributed by atoms with Crippen molar-refractivity contribution in [3.8, 4) is 11.5 Å². The van der Waals surface area contributed by atoms with Gasteiger partial charge in [-0.15, -0.1) is 0 Å². The molecule has 0 saturated carbocycles. The second-order valence-corrected chi connectivity index (χ2v) is 7.52. The van der Waals surface area contributed by atoms with Crippen LogP contribution in [0.3, 0.4) is 0 Å². The molecule has 0 unspecified atom stereocenters. The Kier molecular flexibility index (Phi) is 6.51. The Hall–Kier alpha value is -1.27. The number of sulfonamides is 1. The predicted molar refractivity (Wildman–Crippen MR) is 86.6 cm³/mol. The van der Waals surface area contributed by atoms with E-state index in [1.54, 1.807) is 6.07 Å². The second-order valence-electron chi connectivity index (χ2n) is 5.60. The van der Waals surface area contributed by atoms with Gasteiger partial charge in [-0.3, -0.25) is 0 Å². The molecule has 0 radical (unpaired) electrons. The van der Waals surface area contributed by atoms with Gasteiger partial charge in [-0.05, 0) is 24.1 Å². The third-order valence-electron chi connectivity index (χ3n) is 3.70. The maximum Gasteiger partial charge on any atom is 0.231 e. The lowest BCUT2D eigenvalue weighted by molar-refractivity contribution is 0.174. The molecule has 1 aromatic carbocycles. The van der Waals surface area contributed by atoms with E-state index >= 15 is 0 Å². The third kappa shape index (κ3) is 5.50. The average Bonchev–Trinajstić information content (AvgIpc) is 2.96. The lowest BCUT2D eigenvalue weighted by Crippen LogP contribution is -2.25. The fourth-order valence-corrected chi connectivity index (χ4v) is 3.50. The van der Waals surface area contributed by atoms with Crippen LogP contribution in [0.4, 0.5) is 0 Å². The summed E-state index contributed by atoms with van der Waals surface area (Å²) in [6.07, 6.45) is 6.45. The van der Waals surface area contributed by atoms with Crippen LogP contribution in [0.5, 0.6) is 11.5 Å². The van der Waals surface area contributed by atoms with Gasteiger partial charge in [0.25, 0.3) is 0 Å². The number of benzene rings is 1. The summed E-state index contributed by atoms with van der Waals surface area (Å²) in [5.74, 6) is 1.58. The van der Waals surface area contributed by atoms with Gasteiger partial charge >= 0.3 is 0 Å². The van der Waals surface area contributed by atoms with Crippen molar-refractivity contribution in [3.05, 3.63) is 23.8 Å². The van der Waals surface area contributed by atoms with Gasteiger partial charge in [0.2, 0.25) is 16.8 Å². The minimum absolute atomic E-state index is 0.198. The van der Waals surface area contributed by atoms with Crippen LogP contribution in [-0.2, 0) is 16.6 Å². The largest absolute Gasteiger partial charge is 0.454 e. The van der Waals surface area contributed by atoms with E-state index in [0.717, 1.165) is 24.8 Å². The SMILES string of the molecule is CCCCCCCCS(=O)(=O)NCc1ccc2c(c1)OCO2. The van der Waals surface area contributed by atoms with Gasteiger partial charge in [-0.1, -0.05) is 45.1 Å². The highest BCUT2D eigenvalue weighted by molar-refractivity contribution is 7.89. The first-order valence-electron chi connectivity index (χ1n) is 7.96. The summed E-state index contributed by atoms with van der Waals surface area (Å²) in [7, 11) is -3.21. The lowest BCUT2D eigenvalue weighted by Gasteiger charge is -2.07. The molecular weight excluding hydrogens is 302 g/mol. The number of rotatable bonds is 10. The quantitative estimate of drug-likeness (QED) is 0.670. The summed E-state index contributed by atoms with van der Waals surface area (Å²) in [5, 5.41) is 0. The normalized spacial score (nSPS) is 13.5. The molecule has 0 bridgehead atoms. The van der Waals surface area contributed by atoms with Gasteiger partial charge in [0.05, 0.1) is 5.75 Å². The molecule has 1 aromatic rings. The van der Waals surface area contributed by atoms with Crippen molar-refractivity contribution in [3.63, 3.8) is 0 Å². The molecule has 1 aliphatic heterocycles. The van der Waals surface area contributed by atoms with E-state index in [1.807, 2.05) is 12.1 Å². The molecule has 0 aromatic heterocycles. The first-order chi connectivity index (χ1) is 10.6. The Morgan fingerprint density at radius 2 is 1.77 bits per heavy atom. The molecule has 1 aliphatic rings. The highest BCUT2D eigenvalue weighted by atomic mass is 32.2. The van der Waals surface area contributed by atoms with Crippen LogP contribution in [0, 0.1) is 0 Å². The van der Waals surface area contributed by atoms with Crippen molar-refractivity contribution in [2.45, 2.75) is 52.0 Å². The molecule has 1 heterocycles. The Bertz CT molecular complexity index is 572. The van der Waals surface area contributed by atoms with E-state index in [2.05, 4.69) is 11.6 Å². The first-order valence-corrected chi connectivity index (χ1v) is 9.62. The van der Waals surface area contributed by atoms with Crippen molar-refractivity contribution in [2.75, 3.05) is 12.5 Å². The van der Waals surface area contributed by atoms with Crippen LogP contribution in [0.1, 0.15) is 51.0 Å². The summed E-state index contributed by atoms with van der Waals surface area (Å²) in [4.78, 5) is 0. The molecule has 0 spiro atoms. The molecule has 124 valence electrons. The molecule has 22 heavy (non-hydrogen) atoms. The highest BCUT2D eigenvalue weighted by Gasteiger charge is 2.14. The van der Waals surface area contributed by atoms with Gasteiger partial charge < -0.3 is 9.47 Å². The molecule has 0 aliphatic carbocycles. The van der Waals surface area contributed by atoms with E-state index in [1.165, 1.54) is 19.3 Å². The Balaban J connectivity index is 1.70. The summed E-state index contributed by atoms with van der Waals surface area (Å²) in [5.41, 5.74) is 0.871. The minimum atomic E-state index is -3.21. The van der Waals surface area contributed by atoms with Crippen LogP contribution in [0.25, 0.3) is 0 Å². The van der Waals surface area contributed by atoms with Crippen LogP contribution < -0.4 is 14.2 Å². The second kappa shape index (κ2) is 8.39. The zero-order chi connectivity index (χ0) is 15.8. The van der Waals surface area contributed by atoms with E-state index in [9.17, 15) is 8.42 Å². The molecule has 2 rings (SSSR count). The van der Waals surface area contributed by atoms with Gasteiger partial charge in [0.15, 0.2) is 11.5 Å². The van der Waals surface area contributed by atoms with E-state index < -0.39 is 10.0 Å². The average molecular weight is 327 g/mol. The molecule has 0 amide bonds. The first kappa shape index (κ1) is 17.1. The van der Waals surface area contributed by atoms with Gasteiger partial charge in [0.1, 0.15) is 0 Å². The summed E-state index contributed by atoms with van der Waals surface area (Å²) in [6.45, 7) is 2.68. The van der Waals surface area contributed by atoms with Crippen LogP contribution >= 0.6 is 0 Å². The van der Waals surface area contributed by atoms with Crippen LogP contribution in [0.15, 0.2) is 18.2 Å². The molecule has 5 nitrogen and oxygen atoms in total. The Morgan fingerprint density at radius 1 is 1.05 bits per heavy atom. The van der Waals surface area contributed by atoms with E-state index in [-0.39, 0.29) is 19.1 Å². The lowest BCUT2D eigenvalue weighted by atomic mass is 10.1. The summed E-state index contributed by atoms with van der Waals surface area (Å²) >= 11 is 0. The van der Waals surface area contributed by atoms with Crippen molar-refractivity contribution in [2.24, 2.45) is 0 Å². The number of hydrogen-bond donors (Lipinski definition) is 1. The number of fused-ring (bicyclic) bond motifs is 1. The molecule has 0 fully saturated rings. The number of nitrogens with one attached hydrogen (secondary N) is 1.